The maximum atomic E-state index is 11.6. The van der Waals surface area contributed by atoms with E-state index in [-0.39, 0.29) is 5.91 Å². The molecular formula is C19H20N6O2S. The van der Waals surface area contributed by atoms with Crippen LogP contribution in [0, 0.1) is 6.92 Å². The van der Waals surface area contributed by atoms with E-state index < -0.39 is 0 Å². The number of carbonyl (C=O) groups excluding carboxylic acids is 1. The number of benzene rings is 1. The number of hydrogen-bond acceptors (Lipinski definition) is 8. The van der Waals surface area contributed by atoms with Crippen molar-refractivity contribution in [3.63, 3.8) is 0 Å². The topological polar surface area (TPSA) is 93.1 Å². The number of amides is 1. The Morgan fingerprint density at radius 2 is 2.00 bits per heavy atom. The number of ether oxygens (including phenoxy) is 1. The highest BCUT2D eigenvalue weighted by Gasteiger charge is 2.39. The lowest BCUT2D eigenvalue weighted by atomic mass is 10.1. The molecule has 2 bridgehead atoms. The van der Waals surface area contributed by atoms with Crippen molar-refractivity contribution in [1.82, 2.24) is 20.2 Å². The fourth-order valence-electron chi connectivity index (χ4n) is 4.04. The first kappa shape index (κ1) is 17.4. The summed E-state index contributed by atoms with van der Waals surface area (Å²) >= 11 is 1.54. The van der Waals surface area contributed by atoms with Gasteiger partial charge in [-0.3, -0.25) is 10.1 Å². The Labute approximate surface area is 166 Å². The summed E-state index contributed by atoms with van der Waals surface area (Å²) in [6, 6.07) is 6.70. The summed E-state index contributed by atoms with van der Waals surface area (Å²) in [6.07, 6.45) is 2.18. The number of nitrogens with one attached hydrogen (secondary N) is 1. The third-order valence-corrected chi connectivity index (χ3v) is 6.11. The highest BCUT2D eigenvalue weighted by Crippen LogP contribution is 2.38. The van der Waals surface area contributed by atoms with Gasteiger partial charge in [0.2, 0.25) is 11.9 Å². The smallest absolute Gasteiger partial charge is 0.231 e. The predicted molar refractivity (Wildman–Crippen MR) is 108 cm³/mol. The molecule has 2 fully saturated rings. The Bertz CT molecular complexity index is 1050. The molecule has 2 aliphatic rings. The van der Waals surface area contributed by atoms with E-state index in [9.17, 15) is 4.79 Å². The third kappa shape index (κ3) is 3.00. The van der Waals surface area contributed by atoms with E-state index in [1.807, 2.05) is 25.1 Å². The first-order valence-corrected chi connectivity index (χ1v) is 10.2. The lowest BCUT2D eigenvalue weighted by Gasteiger charge is -2.36. The molecule has 4 heterocycles. The molecule has 2 atom stereocenters. The van der Waals surface area contributed by atoms with Crippen LogP contribution in [0.1, 0.15) is 24.8 Å². The van der Waals surface area contributed by atoms with Crippen LogP contribution in [0.5, 0.6) is 0 Å². The van der Waals surface area contributed by atoms with Gasteiger partial charge in [-0.1, -0.05) is 17.4 Å². The summed E-state index contributed by atoms with van der Waals surface area (Å²) in [6.45, 7) is 4.82. The number of hydrogen-bond donors (Lipinski definition) is 1. The van der Waals surface area contributed by atoms with Crippen LogP contribution in [0.4, 0.5) is 11.8 Å². The van der Waals surface area contributed by atoms with Crippen LogP contribution >= 0.6 is 11.3 Å². The van der Waals surface area contributed by atoms with Crippen molar-refractivity contribution >= 4 is 39.9 Å². The summed E-state index contributed by atoms with van der Waals surface area (Å²) in [7, 11) is 0. The van der Waals surface area contributed by atoms with E-state index in [4.69, 9.17) is 9.72 Å². The van der Waals surface area contributed by atoms with Crippen LogP contribution < -0.4 is 10.2 Å². The molecule has 1 aromatic carbocycles. The van der Waals surface area contributed by atoms with Crippen LogP contribution in [-0.2, 0) is 9.53 Å². The van der Waals surface area contributed by atoms with Crippen molar-refractivity contribution in [2.24, 2.45) is 0 Å². The van der Waals surface area contributed by atoms with E-state index in [2.05, 4.69) is 25.4 Å². The van der Waals surface area contributed by atoms with Crippen molar-refractivity contribution in [2.75, 3.05) is 23.4 Å². The van der Waals surface area contributed by atoms with Gasteiger partial charge in [0, 0.05) is 17.9 Å². The van der Waals surface area contributed by atoms with Crippen LogP contribution in [-0.4, -0.2) is 51.4 Å². The molecule has 3 aromatic rings. The first-order valence-electron chi connectivity index (χ1n) is 9.34. The fraction of sp³-hybridized carbons (Fsp3) is 0.421. The van der Waals surface area contributed by atoms with Gasteiger partial charge in [-0.2, -0.15) is 4.98 Å². The van der Waals surface area contributed by atoms with Gasteiger partial charge in [-0.25, -0.2) is 4.98 Å². The Balaban J connectivity index is 1.66. The largest absolute Gasteiger partial charge is 0.377 e. The Hall–Kier alpha value is -2.65. The maximum Gasteiger partial charge on any atom is 0.231 e. The second kappa shape index (κ2) is 6.75. The molecule has 5 rings (SSSR count). The molecule has 1 amide bonds. The number of anilines is 2. The monoisotopic (exact) mass is 396 g/mol. The number of fused-ring (bicyclic) bond motifs is 3. The maximum absolute atomic E-state index is 11.6. The van der Waals surface area contributed by atoms with Crippen LogP contribution in [0.15, 0.2) is 18.2 Å². The molecule has 2 saturated heterocycles. The standard InChI is InChI=1S/C19H20N6O2S/c1-10(26)20-19-21-16-7-12(18-24-23-11(2)28-18)3-6-15(16)17(22-19)25-13-4-5-14(25)9-27-8-13/h3,6-7,13-14H,4-5,8-9H2,1-2H3,(H,20,21,22,26). The summed E-state index contributed by atoms with van der Waals surface area (Å²) in [4.78, 5) is 23.3. The lowest BCUT2D eigenvalue weighted by Crippen LogP contribution is -2.46. The van der Waals surface area contributed by atoms with Crippen molar-refractivity contribution in [2.45, 2.75) is 38.8 Å². The molecule has 144 valence electrons. The van der Waals surface area contributed by atoms with Gasteiger partial charge >= 0.3 is 0 Å². The second-order valence-electron chi connectivity index (χ2n) is 7.24. The van der Waals surface area contributed by atoms with Crippen molar-refractivity contribution in [3.05, 3.63) is 23.2 Å². The summed E-state index contributed by atoms with van der Waals surface area (Å²) in [5.41, 5.74) is 1.74. The molecule has 9 heteroatoms. The van der Waals surface area contributed by atoms with E-state index >= 15 is 0 Å². The molecular weight excluding hydrogens is 376 g/mol. The van der Waals surface area contributed by atoms with Crippen molar-refractivity contribution < 1.29 is 9.53 Å². The van der Waals surface area contributed by atoms with Gasteiger partial charge in [0.05, 0.1) is 30.8 Å². The Morgan fingerprint density at radius 1 is 1.21 bits per heavy atom. The molecule has 1 N–H and O–H groups in total. The molecule has 2 aliphatic heterocycles. The number of aromatic nitrogens is 4. The molecule has 28 heavy (non-hydrogen) atoms. The highest BCUT2D eigenvalue weighted by molar-refractivity contribution is 7.14. The highest BCUT2D eigenvalue weighted by atomic mass is 32.1. The van der Waals surface area contributed by atoms with Crippen molar-refractivity contribution in [3.8, 4) is 10.6 Å². The quantitative estimate of drug-likeness (QED) is 0.727. The minimum atomic E-state index is -0.189. The van der Waals surface area contributed by atoms with Gasteiger partial charge in [-0.15, -0.1) is 10.2 Å². The zero-order valence-electron chi connectivity index (χ0n) is 15.7. The van der Waals surface area contributed by atoms with Crippen LogP contribution in [0.25, 0.3) is 21.5 Å². The summed E-state index contributed by atoms with van der Waals surface area (Å²) in [5.74, 6) is 1.00. The second-order valence-corrected chi connectivity index (χ2v) is 8.42. The number of nitrogens with zero attached hydrogens (tertiary/aromatic N) is 5. The van der Waals surface area contributed by atoms with E-state index in [1.54, 1.807) is 11.3 Å². The molecule has 2 unspecified atom stereocenters. The number of aryl methyl sites for hydroxylation is 1. The minimum Gasteiger partial charge on any atom is -0.377 e. The zero-order valence-corrected chi connectivity index (χ0v) is 16.5. The Kier molecular flexibility index (Phi) is 4.21. The van der Waals surface area contributed by atoms with Crippen LogP contribution in [0.2, 0.25) is 0 Å². The average molecular weight is 396 g/mol. The molecule has 0 radical (unpaired) electrons. The minimum absolute atomic E-state index is 0.189. The van der Waals surface area contributed by atoms with Gasteiger partial charge in [0.25, 0.3) is 0 Å². The van der Waals surface area contributed by atoms with Crippen molar-refractivity contribution in [1.29, 1.82) is 0 Å². The molecule has 8 nitrogen and oxygen atoms in total. The zero-order chi connectivity index (χ0) is 19.3. The average Bonchev–Trinajstić information content (AvgIpc) is 3.20. The van der Waals surface area contributed by atoms with Gasteiger partial charge in [0.1, 0.15) is 15.8 Å². The molecule has 0 aliphatic carbocycles. The van der Waals surface area contributed by atoms with Gasteiger partial charge < -0.3 is 9.64 Å². The summed E-state index contributed by atoms with van der Waals surface area (Å²) in [5, 5.41) is 13.8. The van der Waals surface area contributed by atoms with E-state index in [1.165, 1.54) is 6.92 Å². The van der Waals surface area contributed by atoms with Gasteiger partial charge in [0.15, 0.2) is 0 Å². The predicted octanol–water partition coefficient (Wildman–Crippen LogP) is 2.78. The molecule has 0 saturated carbocycles. The Morgan fingerprint density at radius 3 is 2.68 bits per heavy atom. The SMILES string of the molecule is CC(=O)Nc1nc(N2C3CCC2COC3)c2ccc(-c3nnc(C)s3)cc2n1. The molecule has 2 aromatic heterocycles. The van der Waals surface area contributed by atoms with E-state index in [0.717, 1.165) is 45.1 Å². The number of carbonyl (C=O) groups is 1. The lowest BCUT2D eigenvalue weighted by molar-refractivity contribution is -0.114. The number of morpholine rings is 1. The van der Waals surface area contributed by atoms with Crippen LogP contribution in [0.3, 0.4) is 0 Å². The normalized spacial score (nSPS) is 21.3. The first-order chi connectivity index (χ1) is 13.6. The van der Waals surface area contributed by atoms with E-state index in [0.29, 0.717) is 31.2 Å². The fourth-order valence-corrected chi connectivity index (χ4v) is 4.73. The third-order valence-electron chi connectivity index (χ3n) is 5.22. The molecule has 0 spiro atoms. The summed E-state index contributed by atoms with van der Waals surface area (Å²) < 4.78 is 5.73. The van der Waals surface area contributed by atoms with Gasteiger partial charge in [-0.05, 0) is 31.9 Å². The number of rotatable bonds is 3.